The number of benzene rings is 1. The highest BCUT2D eigenvalue weighted by atomic mass is 16.3. The van der Waals surface area contributed by atoms with Gasteiger partial charge in [0.15, 0.2) is 0 Å². The van der Waals surface area contributed by atoms with Gasteiger partial charge in [0.1, 0.15) is 12.0 Å². The molecule has 0 radical (unpaired) electrons. The van der Waals surface area contributed by atoms with Crippen LogP contribution in [0.5, 0.6) is 5.75 Å². The molecular formula is C11H13NO2. The average molecular weight is 191 g/mol. The van der Waals surface area contributed by atoms with Gasteiger partial charge in [0.25, 0.3) is 0 Å². The fraction of sp³-hybridized carbons (Fsp3) is 0.182. The number of aromatic hydroxyl groups is 1. The van der Waals surface area contributed by atoms with Gasteiger partial charge in [-0.15, -0.1) is 0 Å². The SMILES string of the molecule is CN(C)c1cc(/C=C/C=O)ccc1O. The van der Waals surface area contributed by atoms with Crippen LogP contribution in [0.15, 0.2) is 24.3 Å². The smallest absolute Gasteiger partial charge is 0.142 e. The molecule has 0 heterocycles. The first-order valence-corrected chi connectivity index (χ1v) is 4.27. The minimum atomic E-state index is 0.234. The Balaban J connectivity index is 3.06. The zero-order chi connectivity index (χ0) is 10.6. The Morgan fingerprint density at radius 3 is 2.64 bits per heavy atom. The number of rotatable bonds is 3. The van der Waals surface area contributed by atoms with Crippen molar-refractivity contribution in [2.45, 2.75) is 0 Å². The highest BCUT2D eigenvalue weighted by Gasteiger charge is 2.02. The van der Waals surface area contributed by atoms with Crippen molar-refractivity contribution in [3.8, 4) is 5.75 Å². The number of carbonyl (C=O) groups is 1. The zero-order valence-corrected chi connectivity index (χ0v) is 8.27. The van der Waals surface area contributed by atoms with E-state index in [0.717, 1.165) is 17.5 Å². The van der Waals surface area contributed by atoms with E-state index in [0.29, 0.717) is 0 Å². The van der Waals surface area contributed by atoms with E-state index in [2.05, 4.69) is 0 Å². The third kappa shape index (κ3) is 2.36. The third-order valence-electron chi connectivity index (χ3n) is 1.85. The third-order valence-corrected chi connectivity index (χ3v) is 1.85. The van der Waals surface area contributed by atoms with Crippen molar-refractivity contribution in [3.63, 3.8) is 0 Å². The fourth-order valence-corrected chi connectivity index (χ4v) is 1.15. The van der Waals surface area contributed by atoms with Crippen molar-refractivity contribution in [1.82, 2.24) is 0 Å². The molecule has 3 heteroatoms. The largest absolute Gasteiger partial charge is 0.506 e. The molecule has 3 nitrogen and oxygen atoms in total. The summed E-state index contributed by atoms with van der Waals surface area (Å²) in [6.45, 7) is 0. The molecule has 0 spiro atoms. The minimum absolute atomic E-state index is 0.234. The second kappa shape index (κ2) is 4.46. The van der Waals surface area contributed by atoms with Gasteiger partial charge in [-0.05, 0) is 23.8 Å². The quantitative estimate of drug-likeness (QED) is 0.583. The average Bonchev–Trinajstić information content (AvgIpc) is 2.16. The highest BCUT2D eigenvalue weighted by molar-refractivity contribution is 5.75. The second-order valence-electron chi connectivity index (χ2n) is 3.14. The van der Waals surface area contributed by atoms with E-state index in [1.807, 2.05) is 25.1 Å². The maximum absolute atomic E-state index is 10.1. The van der Waals surface area contributed by atoms with Gasteiger partial charge in [0.05, 0.1) is 5.69 Å². The Bertz CT molecular complexity index is 356. The van der Waals surface area contributed by atoms with Crippen LogP contribution in [0.25, 0.3) is 6.08 Å². The van der Waals surface area contributed by atoms with Gasteiger partial charge >= 0.3 is 0 Å². The molecule has 1 aromatic rings. The van der Waals surface area contributed by atoms with Gasteiger partial charge in [-0.3, -0.25) is 4.79 Å². The van der Waals surface area contributed by atoms with Gasteiger partial charge in [0.2, 0.25) is 0 Å². The maximum Gasteiger partial charge on any atom is 0.142 e. The van der Waals surface area contributed by atoms with Gasteiger partial charge < -0.3 is 10.0 Å². The summed E-state index contributed by atoms with van der Waals surface area (Å²) < 4.78 is 0. The lowest BCUT2D eigenvalue weighted by molar-refractivity contribution is -0.104. The summed E-state index contributed by atoms with van der Waals surface area (Å²) in [6.07, 6.45) is 3.84. The Kier molecular flexibility index (Phi) is 3.29. The molecule has 0 aliphatic heterocycles. The van der Waals surface area contributed by atoms with Gasteiger partial charge in [-0.25, -0.2) is 0 Å². The molecule has 1 rings (SSSR count). The predicted molar refractivity (Wildman–Crippen MR) is 57.5 cm³/mol. The van der Waals surface area contributed by atoms with Crippen LogP contribution in [0.2, 0.25) is 0 Å². The summed E-state index contributed by atoms with van der Waals surface area (Å²) in [6, 6.07) is 5.18. The van der Waals surface area contributed by atoms with Gasteiger partial charge in [-0.1, -0.05) is 12.1 Å². The van der Waals surface area contributed by atoms with Crippen LogP contribution in [0.1, 0.15) is 5.56 Å². The number of carbonyl (C=O) groups excluding carboxylic acids is 1. The first kappa shape index (κ1) is 10.3. The van der Waals surface area contributed by atoms with E-state index in [4.69, 9.17) is 0 Å². The Hall–Kier alpha value is -1.77. The molecule has 0 saturated heterocycles. The van der Waals surface area contributed by atoms with Gasteiger partial charge in [0, 0.05) is 14.1 Å². The van der Waals surface area contributed by atoms with E-state index in [-0.39, 0.29) is 5.75 Å². The number of nitrogens with zero attached hydrogens (tertiary/aromatic N) is 1. The van der Waals surface area contributed by atoms with Crippen LogP contribution in [0.4, 0.5) is 5.69 Å². The van der Waals surface area contributed by atoms with Crippen LogP contribution >= 0.6 is 0 Å². The standard InChI is InChI=1S/C11H13NO2/c1-12(2)10-8-9(4-3-7-13)5-6-11(10)14/h3-8,14H,1-2H3/b4-3+. The normalized spacial score (nSPS) is 10.4. The van der Waals surface area contributed by atoms with Crippen LogP contribution < -0.4 is 4.90 Å². The number of anilines is 1. The van der Waals surface area contributed by atoms with Crippen LogP contribution in [0, 0.1) is 0 Å². The molecule has 0 aliphatic rings. The van der Waals surface area contributed by atoms with E-state index < -0.39 is 0 Å². The Morgan fingerprint density at radius 1 is 1.36 bits per heavy atom. The number of hydrogen-bond donors (Lipinski definition) is 1. The molecule has 1 N–H and O–H groups in total. The minimum Gasteiger partial charge on any atom is -0.506 e. The number of hydrogen-bond acceptors (Lipinski definition) is 3. The van der Waals surface area contributed by atoms with Crippen molar-refractivity contribution in [2.75, 3.05) is 19.0 Å². The summed E-state index contributed by atoms with van der Waals surface area (Å²) in [7, 11) is 3.70. The number of phenolic OH excluding ortho intramolecular Hbond substituents is 1. The summed E-state index contributed by atoms with van der Waals surface area (Å²) in [5.41, 5.74) is 1.62. The molecule has 14 heavy (non-hydrogen) atoms. The Labute approximate surface area is 83.3 Å². The molecular weight excluding hydrogens is 178 g/mol. The van der Waals surface area contributed by atoms with Crippen molar-refractivity contribution in [1.29, 1.82) is 0 Å². The molecule has 0 bridgehead atoms. The predicted octanol–water partition coefficient (Wildman–Crippen LogP) is 1.67. The van der Waals surface area contributed by atoms with Crippen molar-refractivity contribution >= 4 is 18.0 Å². The summed E-state index contributed by atoms with van der Waals surface area (Å²) in [5, 5.41) is 9.50. The molecule has 0 fully saturated rings. The summed E-state index contributed by atoms with van der Waals surface area (Å²) >= 11 is 0. The van der Waals surface area contributed by atoms with E-state index in [1.165, 1.54) is 6.08 Å². The molecule has 1 aromatic carbocycles. The fourth-order valence-electron chi connectivity index (χ4n) is 1.15. The highest BCUT2D eigenvalue weighted by Crippen LogP contribution is 2.26. The monoisotopic (exact) mass is 191 g/mol. The van der Waals surface area contributed by atoms with Crippen LogP contribution in [-0.2, 0) is 4.79 Å². The lowest BCUT2D eigenvalue weighted by atomic mass is 10.1. The van der Waals surface area contributed by atoms with Crippen LogP contribution in [0.3, 0.4) is 0 Å². The van der Waals surface area contributed by atoms with Crippen molar-refractivity contribution in [2.24, 2.45) is 0 Å². The number of allylic oxidation sites excluding steroid dienone is 1. The molecule has 0 aromatic heterocycles. The first-order valence-electron chi connectivity index (χ1n) is 4.27. The van der Waals surface area contributed by atoms with E-state index >= 15 is 0 Å². The molecule has 0 amide bonds. The second-order valence-corrected chi connectivity index (χ2v) is 3.14. The number of phenols is 1. The van der Waals surface area contributed by atoms with Gasteiger partial charge in [-0.2, -0.15) is 0 Å². The zero-order valence-electron chi connectivity index (χ0n) is 8.27. The lowest BCUT2D eigenvalue weighted by Crippen LogP contribution is -2.08. The summed E-state index contributed by atoms with van der Waals surface area (Å²) in [5.74, 6) is 0.234. The molecule has 0 atom stereocenters. The Morgan fingerprint density at radius 2 is 2.07 bits per heavy atom. The van der Waals surface area contributed by atoms with E-state index in [9.17, 15) is 9.90 Å². The number of aldehydes is 1. The lowest BCUT2D eigenvalue weighted by Gasteiger charge is -2.14. The maximum atomic E-state index is 10.1. The van der Waals surface area contributed by atoms with E-state index in [1.54, 1.807) is 18.2 Å². The molecule has 0 aliphatic carbocycles. The first-order chi connectivity index (χ1) is 6.65. The summed E-state index contributed by atoms with van der Waals surface area (Å²) in [4.78, 5) is 11.9. The molecule has 0 unspecified atom stereocenters. The molecule has 0 saturated carbocycles. The van der Waals surface area contributed by atoms with Crippen molar-refractivity contribution in [3.05, 3.63) is 29.8 Å². The van der Waals surface area contributed by atoms with Crippen LogP contribution in [-0.4, -0.2) is 25.5 Å². The molecule has 74 valence electrons. The van der Waals surface area contributed by atoms with Crippen molar-refractivity contribution < 1.29 is 9.90 Å². The topological polar surface area (TPSA) is 40.5 Å².